The highest BCUT2D eigenvalue weighted by Crippen LogP contribution is 2.18. The Bertz CT molecular complexity index is 374. The minimum atomic E-state index is -0.636. The fourth-order valence-electron chi connectivity index (χ4n) is 1.36. The van der Waals surface area contributed by atoms with Gasteiger partial charge in [-0.25, -0.2) is 4.79 Å². The van der Waals surface area contributed by atoms with E-state index in [0.29, 0.717) is 12.4 Å². The SMILES string of the molecule is CCc1ccc(OC(=O)OCCC(C)(C)C)cc1. The predicted molar refractivity (Wildman–Crippen MR) is 71.9 cm³/mol. The molecule has 0 heterocycles. The van der Waals surface area contributed by atoms with E-state index in [-0.39, 0.29) is 5.41 Å². The predicted octanol–water partition coefficient (Wildman–Crippen LogP) is 4.20. The van der Waals surface area contributed by atoms with E-state index in [1.54, 1.807) is 12.1 Å². The monoisotopic (exact) mass is 250 g/mol. The quantitative estimate of drug-likeness (QED) is 0.593. The van der Waals surface area contributed by atoms with Crippen LogP contribution in [0.25, 0.3) is 0 Å². The molecule has 0 fully saturated rings. The van der Waals surface area contributed by atoms with Crippen LogP contribution < -0.4 is 4.74 Å². The van der Waals surface area contributed by atoms with Gasteiger partial charge in [0, 0.05) is 0 Å². The molecule has 18 heavy (non-hydrogen) atoms. The fraction of sp³-hybridized carbons (Fsp3) is 0.533. The first-order valence-corrected chi connectivity index (χ1v) is 6.34. The molecule has 0 aliphatic carbocycles. The molecule has 0 bridgehead atoms. The zero-order valence-electron chi connectivity index (χ0n) is 11.7. The molecule has 1 rings (SSSR count). The van der Waals surface area contributed by atoms with E-state index in [9.17, 15) is 4.79 Å². The first kappa shape index (κ1) is 14.6. The van der Waals surface area contributed by atoms with Crippen LogP contribution in [0.2, 0.25) is 0 Å². The third-order valence-electron chi connectivity index (χ3n) is 2.60. The van der Waals surface area contributed by atoms with Crippen molar-refractivity contribution in [3.05, 3.63) is 29.8 Å². The van der Waals surface area contributed by atoms with Crippen molar-refractivity contribution in [2.75, 3.05) is 6.61 Å². The van der Waals surface area contributed by atoms with Crippen molar-refractivity contribution in [2.24, 2.45) is 5.41 Å². The Morgan fingerprint density at radius 1 is 1.17 bits per heavy atom. The second-order valence-corrected chi connectivity index (χ2v) is 5.51. The van der Waals surface area contributed by atoms with Crippen LogP contribution in [0.4, 0.5) is 4.79 Å². The molecule has 0 N–H and O–H groups in total. The maximum atomic E-state index is 11.4. The van der Waals surface area contributed by atoms with Crippen LogP contribution in [-0.2, 0) is 11.2 Å². The van der Waals surface area contributed by atoms with Crippen molar-refractivity contribution < 1.29 is 14.3 Å². The lowest BCUT2D eigenvalue weighted by Crippen LogP contribution is -2.15. The highest BCUT2D eigenvalue weighted by atomic mass is 16.7. The molecule has 0 radical (unpaired) electrons. The maximum absolute atomic E-state index is 11.4. The second-order valence-electron chi connectivity index (χ2n) is 5.51. The molecule has 0 spiro atoms. The summed E-state index contributed by atoms with van der Waals surface area (Å²) in [6.07, 6.45) is 1.15. The first-order chi connectivity index (χ1) is 8.40. The van der Waals surface area contributed by atoms with Gasteiger partial charge in [-0.3, -0.25) is 0 Å². The topological polar surface area (TPSA) is 35.5 Å². The van der Waals surface area contributed by atoms with Crippen LogP contribution in [0.3, 0.4) is 0 Å². The van der Waals surface area contributed by atoms with E-state index >= 15 is 0 Å². The van der Waals surface area contributed by atoms with E-state index < -0.39 is 6.16 Å². The van der Waals surface area contributed by atoms with Crippen molar-refractivity contribution in [3.63, 3.8) is 0 Å². The van der Waals surface area contributed by atoms with E-state index in [4.69, 9.17) is 9.47 Å². The Morgan fingerprint density at radius 2 is 1.78 bits per heavy atom. The molecular formula is C15H22O3. The molecule has 0 saturated heterocycles. The van der Waals surface area contributed by atoms with E-state index in [2.05, 4.69) is 27.7 Å². The van der Waals surface area contributed by atoms with Gasteiger partial charge < -0.3 is 9.47 Å². The number of ether oxygens (including phenoxy) is 2. The molecule has 0 aromatic heterocycles. The van der Waals surface area contributed by atoms with Gasteiger partial charge in [0.15, 0.2) is 0 Å². The van der Waals surface area contributed by atoms with Gasteiger partial charge in [0.2, 0.25) is 0 Å². The summed E-state index contributed by atoms with van der Waals surface area (Å²) in [5.74, 6) is 0.521. The Morgan fingerprint density at radius 3 is 2.28 bits per heavy atom. The summed E-state index contributed by atoms with van der Waals surface area (Å²) in [6, 6.07) is 7.45. The highest BCUT2D eigenvalue weighted by Gasteiger charge is 2.12. The van der Waals surface area contributed by atoms with Gasteiger partial charge in [0.05, 0.1) is 6.61 Å². The number of aryl methyl sites for hydroxylation is 1. The lowest BCUT2D eigenvalue weighted by atomic mass is 9.93. The maximum Gasteiger partial charge on any atom is 0.513 e. The number of rotatable bonds is 4. The molecule has 3 heteroatoms. The Balaban J connectivity index is 2.35. The molecule has 0 unspecified atom stereocenters. The molecule has 1 aromatic rings. The smallest absolute Gasteiger partial charge is 0.434 e. The summed E-state index contributed by atoms with van der Waals surface area (Å²) in [4.78, 5) is 11.4. The van der Waals surface area contributed by atoms with Crippen molar-refractivity contribution in [1.29, 1.82) is 0 Å². The van der Waals surface area contributed by atoms with Gasteiger partial charge in [-0.15, -0.1) is 0 Å². The van der Waals surface area contributed by atoms with Gasteiger partial charge in [0.1, 0.15) is 5.75 Å². The molecular weight excluding hydrogens is 228 g/mol. The number of benzene rings is 1. The molecule has 0 amide bonds. The molecule has 1 aromatic carbocycles. The summed E-state index contributed by atoms with van der Waals surface area (Å²) >= 11 is 0. The van der Waals surface area contributed by atoms with E-state index in [0.717, 1.165) is 12.8 Å². The number of carbonyl (C=O) groups is 1. The van der Waals surface area contributed by atoms with Gasteiger partial charge in [-0.05, 0) is 36.0 Å². The number of carbonyl (C=O) groups excluding carboxylic acids is 1. The lowest BCUT2D eigenvalue weighted by Gasteiger charge is -2.17. The van der Waals surface area contributed by atoms with Gasteiger partial charge >= 0.3 is 6.16 Å². The molecule has 0 aliphatic heterocycles. The van der Waals surface area contributed by atoms with Crippen LogP contribution >= 0.6 is 0 Å². The standard InChI is InChI=1S/C15H22O3/c1-5-12-6-8-13(9-7-12)18-14(16)17-11-10-15(2,3)4/h6-9H,5,10-11H2,1-4H3. The van der Waals surface area contributed by atoms with Crippen LogP contribution in [-0.4, -0.2) is 12.8 Å². The van der Waals surface area contributed by atoms with Crippen LogP contribution in [0, 0.1) is 5.41 Å². The van der Waals surface area contributed by atoms with Crippen molar-refractivity contribution in [1.82, 2.24) is 0 Å². The fourth-order valence-corrected chi connectivity index (χ4v) is 1.36. The Kier molecular flexibility index (Phi) is 5.20. The minimum absolute atomic E-state index is 0.156. The molecule has 3 nitrogen and oxygen atoms in total. The number of hydrogen-bond acceptors (Lipinski definition) is 3. The molecule has 0 saturated carbocycles. The van der Waals surface area contributed by atoms with Crippen molar-refractivity contribution in [2.45, 2.75) is 40.5 Å². The van der Waals surface area contributed by atoms with Crippen LogP contribution in [0.15, 0.2) is 24.3 Å². The van der Waals surface area contributed by atoms with E-state index in [1.807, 2.05) is 12.1 Å². The van der Waals surface area contributed by atoms with Crippen LogP contribution in [0.1, 0.15) is 39.7 Å². The van der Waals surface area contributed by atoms with Crippen LogP contribution in [0.5, 0.6) is 5.75 Å². The number of hydrogen-bond donors (Lipinski definition) is 0. The zero-order chi connectivity index (χ0) is 13.6. The second kappa shape index (κ2) is 6.43. The highest BCUT2D eigenvalue weighted by molar-refractivity contribution is 5.63. The minimum Gasteiger partial charge on any atom is -0.434 e. The third kappa shape index (κ3) is 5.71. The first-order valence-electron chi connectivity index (χ1n) is 6.34. The van der Waals surface area contributed by atoms with Gasteiger partial charge in [-0.1, -0.05) is 39.8 Å². The molecule has 0 aliphatic rings. The van der Waals surface area contributed by atoms with Gasteiger partial charge in [0.25, 0.3) is 0 Å². The van der Waals surface area contributed by atoms with Crippen molar-refractivity contribution >= 4 is 6.16 Å². The van der Waals surface area contributed by atoms with Gasteiger partial charge in [-0.2, -0.15) is 0 Å². The summed E-state index contributed by atoms with van der Waals surface area (Å²) < 4.78 is 10.1. The third-order valence-corrected chi connectivity index (χ3v) is 2.60. The normalized spacial score (nSPS) is 11.1. The Labute approximate surface area is 109 Å². The largest absolute Gasteiger partial charge is 0.513 e. The average molecular weight is 250 g/mol. The summed E-state index contributed by atoms with van der Waals surface area (Å²) in [7, 11) is 0. The van der Waals surface area contributed by atoms with Crippen molar-refractivity contribution in [3.8, 4) is 5.75 Å². The molecule has 0 atom stereocenters. The molecule has 100 valence electrons. The summed E-state index contributed by atoms with van der Waals surface area (Å²) in [6.45, 7) is 8.77. The average Bonchev–Trinajstić information content (AvgIpc) is 2.28. The van der Waals surface area contributed by atoms with E-state index in [1.165, 1.54) is 5.56 Å². The zero-order valence-corrected chi connectivity index (χ0v) is 11.7. The Hall–Kier alpha value is -1.51. The lowest BCUT2D eigenvalue weighted by molar-refractivity contribution is 0.0887. The summed E-state index contributed by atoms with van der Waals surface area (Å²) in [5, 5.41) is 0. The summed E-state index contributed by atoms with van der Waals surface area (Å²) in [5.41, 5.74) is 1.37.